The van der Waals surface area contributed by atoms with E-state index in [-0.39, 0.29) is 24.4 Å². The second kappa shape index (κ2) is 9.10. The first-order valence-corrected chi connectivity index (χ1v) is 11.1. The predicted octanol–water partition coefficient (Wildman–Crippen LogP) is 4.40. The van der Waals surface area contributed by atoms with Gasteiger partial charge in [0.2, 0.25) is 11.8 Å². The van der Waals surface area contributed by atoms with Crippen LogP contribution in [0.15, 0.2) is 35.7 Å². The molecule has 0 spiro atoms. The molecule has 1 aliphatic rings. The summed E-state index contributed by atoms with van der Waals surface area (Å²) in [7, 11) is 0. The molecule has 2 atom stereocenters. The number of amides is 2. The molecule has 0 radical (unpaired) electrons. The van der Waals surface area contributed by atoms with Crippen molar-refractivity contribution in [3.8, 4) is 0 Å². The number of rotatable bonds is 6. The Labute approximate surface area is 176 Å². The summed E-state index contributed by atoms with van der Waals surface area (Å²) in [6.45, 7) is 6.99. The summed E-state index contributed by atoms with van der Waals surface area (Å²) < 4.78 is 0. The van der Waals surface area contributed by atoms with Gasteiger partial charge in [-0.2, -0.15) is 0 Å². The van der Waals surface area contributed by atoms with Crippen LogP contribution in [0, 0.1) is 6.92 Å². The van der Waals surface area contributed by atoms with Crippen LogP contribution in [0.1, 0.15) is 47.9 Å². The van der Waals surface area contributed by atoms with Crippen LogP contribution < -0.4 is 0 Å². The number of fused-ring (bicyclic) bond motifs is 1. The molecule has 3 rings (SSSR count). The summed E-state index contributed by atoms with van der Waals surface area (Å²) in [5.74, 6) is -0.210. The van der Waals surface area contributed by atoms with Crippen LogP contribution in [0.2, 0.25) is 0 Å². The molecule has 0 aliphatic carbocycles. The minimum atomic E-state index is -0.628. The van der Waals surface area contributed by atoms with Gasteiger partial charge in [-0.15, -0.1) is 22.9 Å². The highest BCUT2D eigenvalue weighted by Gasteiger charge is 2.34. The molecule has 28 heavy (non-hydrogen) atoms. The lowest BCUT2D eigenvalue weighted by molar-refractivity contribution is -0.141. The number of carbonyl (C=O) groups is 2. The molecule has 2 aromatic rings. The standard InChI is InChI=1S/C22H27ClN2O2S/c1-4-11-24(22(27)16(3)23)14-20(26)25-12-9-19-18(10-13-28-19)21(25)17-7-5-15(2)6-8-17/h5-8,10,13,16,21H,4,9,11-12,14H2,1-3H3/t16-,21+/m0/s1. The SMILES string of the molecule is CCCN(CC(=O)N1CCc2sccc2[C@H]1c1ccc(C)cc1)C(=O)[C@H](C)Cl. The summed E-state index contributed by atoms with van der Waals surface area (Å²) in [6, 6.07) is 10.4. The minimum absolute atomic E-state index is 0.0264. The molecular formula is C22H27ClN2O2S. The average molecular weight is 419 g/mol. The van der Waals surface area contributed by atoms with Crippen LogP contribution in [0.25, 0.3) is 0 Å². The van der Waals surface area contributed by atoms with Gasteiger partial charge in [0.15, 0.2) is 0 Å². The first-order valence-electron chi connectivity index (χ1n) is 9.77. The van der Waals surface area contributed by atoms with Crippen molar-refractivity contribution in [2.75, 3.05) is 19.6 Å². The molecule has 1 aromatic heterocycles. The van der Waals surface area contributed by atoms with Gasteiger partial charge in [0, 0.05) is 18.0 Å². The van der Waals surface area contributed by atoms with Crippen molar-refractivity contribution in [3.63, 3.8) is 0 Å². The van der Waals surface area contributed by atoms with Gasteiger partial charge in [0.25, 0.3) is 0 Å². The van der Waals surface area contributed by atoms with E-state index in [2.05, 4.69) is 42.6 Å². The number of aryl methyl sites for hydroxylation is 1. The normalized spacial score (nSPS) is 17.1. The van der Waals surface area contributed by atoms with Crippen molar-refractivity contribution in [2.45, 2.75) is 45.0 Å². The number of halogens is 1. The van der Waals surface area contributed by atoms with Crippen molar-refractivity contribution in [1.29, 1.82) is 0 Å². The first-order chi connectivity index (χ1) is 13.4. The molecule has 1 aromatic carbocycles. The Kier molecular flexibility index (Phi) is 6.78. The molecule has 1 aliphatic heterocycles. The zero-order valence-corrected chi connectivity index (χ0v) is 18.2. The minimum Gasteiger partial charge on any atom is -0.332 e. The van der Waals surface area contributed by atoms with Crippen LogP contribution in [-0.2, 0) is 16.0 Å². The maximum atomic E-state index is 13.3. The summed E-state index contributed by atoms with van der Waals surface area (Å²) in [6.07, 6.45) is 1.65. The maximum Gasteiger partial charge on any atom is 0.242 e. The highest BCUT2D eigenvalue weighted by atomic mass is 35.5. The van der Waals surface area contributed by atoms with E-state index in [4.69, 9.17) is 11.6 Å². The highest BCUT2D eigenvalue weighted by molar-refractivity contribution is 7.10. The Morgan fingerprint density at radius 3 is 2.64 bits per heavy atom. The number of hydrogen-bond donors (Lipinski definition) is 0. The molecule has 2 amide bonds. The monoisotopic (exact) mass is 418 g/mol. The fourth-order valence-corrected chi connectivity index (χ4v) is 4.78. The topological polar surface area (TPSA) is 40.6 Å². The van der Waals surface area contributed by atoms with E-state index in [1.165, 1.54) is 16.0 Å². The summed E-state index contributed by atoms with van der Waals surface area (Å²) in [5.41, 5.74) is 3.50. The molecule has 4 nitrogen and oxygen atoms in total. The van der Waals surface area contributed by atoms with Gasteiger partial charge in [-0.05, 0) is 49.3 Å². The summed E-state index contributed by atoms with van der Waals surface area (Å²) in [4.78, 5) is 30.6. The van der Waals surface area contributed by atoms with E-state index >= 15 is 0 Å². The Bertz CT molecular complexity index is 831. The van der Waals surface area contributed by atoms with E-state index in [1.807, 2.05) is 11.8 Å². The van der Waals surface area contributed by atoms with Crippen molar-refractivity contribution in [1.82, 2.24) is 9.80 Å². The van der Waals surface area contributed by atoms with Gasteiger partial charge in [-0.25, -0.2) is 0 Å². The molecular weight excluding hydrogens is 392 g/mol. The Morgan fingerprint density at radius 2 is 2.00 bits per heavy atom. The van der Waals surface area contributed by atoms with Crippen molar-refractivity contribution in [2.24, 2.45) is 0 Å². The Balaban J connectivity index is 1.89. The molecule has 0 fully saturated rings. The first kappa shape index (κ1) is 20.9. The van der Waals surface area contributed by atoms with Crippen molar-refractivity contribution >= 4 is 34.8 Å². The molecule has 150 valence electrons. The maximum absolute atomic E-state index is 13.3. The lowest BCUT2D eigenvalue weighted by Crippen LogP contribution is -2.48. The molecule has 0 saturated carbocycles. The molecule has 6 heteroatoms. The smallest absolute Gasteiger partial charge is 0.242 e. The second-order valence-electron chi connectivity index (χ2n) is 7.33. The van der Waals surface area contributed by atoms with E-state index in [9.17, 15) is 9.59 Å². The zero-order valence-electron chi connectivity index (χ0n) is 16.7. The van der Waals surface area contributed by atoms with Crippen molar-refractivity contribution < 1.29 is 9.59 Å². The number of alkyl halides is 1. The quantitative estimate of drug-likeness (QED) is 0.652. The van der Waals surface area contributed by atoms with E-state index in [0.29, 0.717) is 13.1 Å². The molecule has 0 bridgehead atoms. The molecule has 2 heterocycles. The third kappa shape index (κ3) is 4.41. The third-order valence-electron chi connectivity index (χ3n) is 5.15. The van der Waals surface area contributed by atoms with Crippen LogP contribution in [-0.4, -0.2) is 46.6 Å². The second-order valence-corrected chi connectivity index (χ2v) is 8.98. The molecule has 0 unspecified atom stereocenters. The van der Waals surface area contributed by atoms with Gasteiger partial charge < -0.3 is 9.80 Å². The van der Waals surface area contributed by atoms with E-state index in [1.54, 1.807) is 23.2 Å². The molecule has 0 N–H and O–H groups in total. The van der Waals surface area contributed by atoms with E-state index in [0.717, 1.165) is 18.4 Å². The fourth-order valence-electron chi connectivity index (χ4n) is 3.74. The van der Waals surface area contributed by atoms with Crippen LogP contribution in [0.5, 0.6) is 0 Å². The number of thiophene rings is 1. The van der Waals surface area contributed by atoms with Crippen LogP contribution in [0.4, 0.5) is 0 Å². The van der Waals surface area contributed by atoms with Gasteiger partial charge >= 0.3 is 0 Å². The van der Waals surface area contributed by atoms with Crippen molar-refractivity contribution in [3.05, 3.63) is 57.3 Å². The van der Waals surface area contributed by atoms with Crippen LogP contribution >= 0.6 is 22.9 Å². The van der Waals surface area contributed by atoms with Gasteiger partial charge in [0.05, 0.1) is 12.6 Å². The number of benzene rings is 1. The lowest BCUT2D eigenvalue weighted by atomic mass is 9.92. The van der Waals surface area contributed by atoms with Gasteiger partial charge in [-0.3, -0.25) is 9.59 Å². The van der Waals surface area contributed by atoms with E-state index < -0.39 is 5.38 Å². The lowest BCUT2D eigenvalue weighted by Gasteiger charge is -2.37. The third-order valence-corrected chi connectivity index (χ3v) is 6.33. The van der Waals surface area contributed by atoms with Gasteiger partial charge in [-0.1, -0.05) is 36.8 Å². The molecule has 0 saturated heterocycles. The summed E-state index contributed by atoms with van der Waals surface area (Å²) >= 11 is 7.76. The fraction of sp³-hybridized carbons (Fsp3) is 0.455. The Hall–Kier alpha value is -1.85. The Morgan fingerprint density at radius 1 is 1.29 bits per heavy atom. The largest absolute Gasteiger partial charge is 0.332 e. The van der Waals surface area contributed by atoms with Crippen LogP contribution in [0.3, 0.4) is 0 Å². The number of nitrogens with zero attached hydrogens (tertiary/aromatic N) is 2. The van der Waals surface area contributed by atoms with Gasteiger partial charge in [0.1, 0.15) is 5.38 Å². The highest BCUT2D eigenvalue weighted by Crippen LogP contribution is 2.38. The number of carbonyl (C=O) groups excluding carboxylic acids is 2. The summed E-state index contributed by atoms with van der Waals surface area (Å²) in [5, 5.41) is 1.47. The number of hydrogen-bond acceptors (Lipinski definition) is 3. The predicted molar refractivity (Wildman–Crippen MR) is 115 cm³/mol. The average Bonchev–Trinajstić information content (AvgIpc) is 3.15. The zero-order chi connectivity index (χ0) is 20.3.